The van der Waals surface area contributed by atoms with E-state index in [0.717, 1.165) is 47.3 Å². The minimum atomic E-state index is 0.901. The van der Waals surface area contributed by atoms with Crippen molar-refractivity contribution in [2.24, 2.45) is 4.99 Å². The van der Waals surface area contributed by atoms with Gasteiger partial charge < -0.3 is 9.32 Å². The highest BCUT2D eigenvalue weighted by molar-refractivity contribution is 5.85. The summed E-state index contributed by atoms with van der Waals surface area (Å²) < 4.78 is 6.28. The molecule has 1 saturated heterocycles. The van der Waals surface area contributed by atoms with Crippen LogP contribution in [0.2, 0.25) is 0 Å². The molecule has 2 aliphatic heterocycles. The predicted molar refractivity (Wildman–Crippen MR) is 113 cm³/mol. The lowest BCUT2D eigenvalue weighted by Gasteiger charge is -2.28. The van der Waals surface area contributed by atoms with E-state index in [2.05, 4.69) is 54.3 Å². The van der Waals surface area contributed by atoms with Gasteiger partial charge in [0.25, 0.3) is 0 Å². The maximum Gasteiger partial charge on any atom is 0.136 e. The fraction of sp³-hybridized carbons (Fsp3) is 0.458. The minimum Gasteiger partial charge on any atom is -0.456 e. The van der Waals surface area contributed by atoms with E-state index in [1.165, 1.54) is 50.6 Å². The van der Waals surface area contributed by atoms with Crippen LogP contribution >= 0.6 is 0 Å². The smallest absolute Gasteiger partial charge is 0.136 e. The van der Waals surface area contributed by atoms with Crippen molar-refractivity contribution >= 4 is 16.7 Å². The van der Waals surface area contributed by atoms with Crippen LogP contribution in [0.3, 0.4) is 0 Å². The Balaban J connectivity index is 1.61. The minimum absolute atomic E-state index is 0.901. The van der Waals surface area contributed by atoms with Crippen molar-refractivity contribution in [3.63, 3.8) is 0 Å². The van der Waals surface area contributed by atoms with Crippen molar-refractivity contribution in [3.8, 4) is 11.3 Å². The van der Waals surface area contributed by atoms with Crippen LogP contribution in [0.15, 0.2) is 51.9 Å². The molecule has 0 bridgehead atoms. The molecule has 1 aromatic carbocycles. The van der Waals surface area contributed by atoms with Crippen LogP contribution in [0, 0.1) is 0 Å². The number of rotatable bonds is 6. The van der Waals surface area contributed by atoms with E-state index in [-0.39, 0.29) is 0 Å². The molecule has 0 aromatic heterocycles. The third kappa shape index (κ3) is 4.35. The molecule has 0 amide bonds. The fourth-order valence-corrected chi connectivity index (χ4v) is 3.94. The van der Waals surface area contributed by atoms with E-state index in [0.29, 0.717) is 0 Å². The molecule has 2 heterocycles. The van der Waals surface area contributed by atoms with Crippen LogP contribution in [-0.4, -0.2) is 19.6 Å². The molecule has 3 heteroatoms. The number of unbranched alkanes of at least 4 members (excludes halogenated alkanes) is 3. The van der Waals surface area contributed by atoms with Gasteiger partial charge in [0.2, 0.25) is 0 Å². The number of piperidine rings is 1. The Bertz CT molecular complexity index is 921. The SMILES string of the molecule is CCCCCCN=c1ccc2cc3ccc(N4CCCCC4)cc3oc-2c1. The number of nitrogens with zero attached hydrogens (tertiary/aromatic N) is 2. The third-order valence-electron chi connectivity index (χ3n) is 5.55. The van der Waals surface area contributed by atoms with Crippen LogP contribution in [0.1, 0.15) is 51.9 Å². The third-order valence-corrected chi connectivity index (χ3v) is 5.55. The van der Waals surface area contributed by atoms with Crippen LogP contribution < -0.4 is 10.3 Å². The number of hydrogen-bond acceptors (Lipinski definition) is 3. The molecule has 4 rings (SSSR count). The highest BCUT2D eigenvalue weighted by Crippen LogP contribution is 2.30. The Labute approximate surface area is 162 Å². The molecule has 0 atom stereocenters. The first-order valence-corrected chi connectivity index (χ1v) is 10.6. The summed E-state index contributed by atoms with van der Waals surface area (Å²) in [5.74, 6) is 0.924. The maximum atomic E-state index is 6.28. The Kier molecular flexibility index (Phi) is 5.76. The lowest BCUT2D eigenvalue weighted by atomic mass is 10.1. The zero-order valence-corrected chi connectivity index (χ0v) is 16.4. The van der Waals surface area contributed by atoms with Gasteiger partial charge in [-0.3, -0.25) is 4.99 Å². The molecule has 27 heavy (non-hydrogen) atoms. The lowest BCUT2D eigenvalue weighted by molar-refractivity contribution is 0.576. The predicted octanol–water partition coefficient (Wildman–Crippen LogP) is 6.01. The quantitative estimate of drug-likeness (QED) is 0.397. The van der Waals surface area contributed by atoms with Gasteiger partial charge in [-0.05, 0) is 56.0 Å². The number of anilines is 1. The van der Waals surface area contributed by atoms with Crippen molar-refractivity contribution in [2.75, 3.05) is 24.5 Å². The molecule has 3 nitrogen and oxygen atoms in total. The fourth-order valence-electron chi connectivity index (χ4n) is 3.94. The van der Waals surface area contributed by atoms with Crippen LogP contribution in [0.4, 0.5) is 5.69 Å². The van der Waals surface area contributed by atoms with Crippen LogP contribution in [0.5, 0.6) is 0 Å². The van der Waals surface area contributed by atoms with Crippen molar-refractivity contribution in [1.29, 1.82) is 0 Å². The summed E-state index contributed by atoms with van der Waals surface area (Å²) in [6.45, 7) is 5.45. The maximum absolute atomic E-state index is 6.28. The molecule has 0 spiro atoms. The van der Waals surface area contributed by atoms with Crippen molar-refractivity contribution in [3.05, 3.63) is 47.8 Å². The highest BCUT2D eigenvalue weighted by Gasteiger charge is 2.13. The Morgan fingerprint density at radius 1 is 0.926 bits per heavy atom. The summed E-state index contributed by atoms with van der Waals surface area (Å²) >= 11 is 0. The van der Waals surface area contributed by atoms with E-state index in [4.69, 9.17) is 9.41 Å². The first-order chi connectivity index (χ1) is 13.3. The van der Waals surface area contributed by atoms with Gasteiger partial charge in [-0.15, -0.1) is 0 Å². The molecule has 1 aliphatic carbocycles. The zero-order chi connectivity index (χ0) is 18.5. The summed E-state index contributed by atoms with van der Waals surface area (Å²) in [4.78, 5) is 7.21. The Hall–Kier alpha value is -2.29. The normalized spacial score (nSPS) is 15.7. The highest BCUT2D eigenvalue weighted by atomic mass is 16.3. The summed E-state index contributed by atoms with van der Waals surface area (Å²) in [6.07, 6.45) is 8.92. The van der Waals surface area contributed by atoms with Crippen LogP contribution in [-0.2, 0) is 0 Å². The molecule has 1 aromatic rings. The van der Waals surface area contributed by atoms with Gasteiger partial charge >= 0.3 is 0 Å². The Morgan fingerprint density at radius 2 is 1.81 bits per heavy atom. The molecule has 0 unspecified atom stereocenters. The molecule has 0 saturated carbocycles. The van der Waals surface area contributed by atoms with Gasteiger partial charge in [-0.25, -0.2) is 0 Å². The second-order valence-corrected chi connectivity index (χ2v) is 7.68. The van der Waals surface area contributed by atoms with E-state index < -0.39 is 0 Å². The van der Waals surface area contributed by atoms with Gasteiger partial charge in [0, 0.05) is 48.4 Å². The lowest BCUT2D eigenvalue weighted by Crippen LogP contribution is -2.29. The molecule has 1 fully saturated rings. The Morgan fingerprint density at radius 3 is 2.67 bits per heavy atom. The molecule has 142 valence electrons. The van der Waals surface area contributed by atoms with Gasteiger partial charge in [0.1, 0.15) is 11.3 Å². The zero-order valence-electron chi connectivity index (χ0n) is 16.4. The molecular weight excluding hydrogens is 332 g/mol. The molecule has 0 N–H and O–H groups in total. The van der Waals surface area contributed by atoms with Crippen molar-refractivity contribution < 1.29 is 4.42 Å². The van der Waals surface area contributed by atoms with Crippen LogP contribution in [0.25, 0.3) is 22.3 Å². The first kappa shape index (κ1) is 18.1. The summed E-state index contributed by atoms with van der Waals surface area (Å²) in [5.41, 5.74) is 3.38. The average Bonchev–Trinajstić information content (AvgIpc) is 2.72. The monoisotopic (exact) mass is 362 g/mol. The van der Waals surface area contributed by atoms with E-state index in [1.807, 2.05) is 0 Å². The van der Waals surface area contributed by atoms with Crippen molar-refractivity contribution in [2.45, 2.75) is 51.9 Å². The number of fused-ring (bicyclic) bond motifs is 2. The first-order valence-electron chi connectivity index (χ1n) is 10.6. The second-order valence-electron chi connectivity index (χ2n) is 7.68. The summed E-state index contributed by atoms with van der Waals surface area (Å²) in [5, 5.41) is 2.18. The van der Waals surface area contributed by atoms with E-state index in [9.17, 15) is 0 Å². The molecule has 3 aliphatic rings. The molecular formula is C24H30N2O. The van der Waals surface area contributed by atoms with E-state index >= 15 is 0 Å². The van der Waals surface area contributed by atoms with Gasteiger partial charge in [-0.2, -0.15) is 0 Å². The molecule has 0 radical (unpaired) electrons. The topological polar surface area (TPSA) is 28.7 Å². The number of hydrogen-bond donors (Lipinski definition) is 0. The van der Waals surface area contributed by atoms with Gasteiger partial charge in [-0.1, -0.05) is 26.2 Å². The standard InChI is InChI=1S/C24H30N2O/c1-2-3-4-6-13-25-21-11-9-19-16-20-10-12-22(26-14-7-5-8-15-26)18-24(20)27-23(19)17-21/h9-12,16-18H,2-8,13-15H2,1H3. The van der Waals surface area contributed by atoms with Gasteiger partial charge in [0.15, 0.2) is 0 Å². The summed E-state index contributed by atoms with van der Waals surface area (Å²) in [7, 11) is 0. The second kappa shape index (κ2) is 8.60. The largest absolute Gasteiger partial charge is 0.456 e. The van der Waals surface area contributed by atoms with Gasteiger partial charge in [0.05, 0.1) is 5.36 Å². The average molecular weight is 363 g/mol. The van der Waals surface area contributed by atoms with Crippen molar-refractivity contribution in [1.82, 2.24) is 0 Å². The van der Waals surface area contributed by atoms with E-state index in [1.54, 1.807) is 0 Å². The summed E-state index contributed by atoms with van der Waals surface area (Å²) in [6, 6.07) is 15.2. The number of benzene rings is 2.